The first kappa shape index (κ1) is 17.7. The van der Waals surface area contributed by atoms with Gasteiger partial charge >= 0.3 is 5.76 Å². The van der Waals surface area contributed by atoms with E-state index in [-0.39, 0.29) is 12.5 Å². The number of hydrogen-bond acceptors (Lipinski definition) is 5. The van der Waals surface area contributed by atoms with Crippen LogP contribution in [0.3, 0.4) is 0 Å². The van der Waals surface area contributed by atoms with E-state index in [2.05, 4.69) is 10.2 Å². The van der Waals surface area contributed by atoms with Gasteiger partial charge in [0.2, 0.25) is 5.91 Å². The Labute approximate surface area is 146 Å². The Morgan fingerprint density at radius 2 is 2.08 bits per heavy atom. The summed E-state index contributed by atoms with van der Waals surface area (Å²) in [5.41, 5.74) is 1.15. The van der Waals surface area contributed by atoms with Crippen LogP contribution in [0, 0.1) is 5.92 Å². The molecule has 1 amide bonds. The van der Waals surface area contributed by atoms with Gasteiger partial charge in [0, 0.05) is 20.2 Å². The van der Waals surface area contributed by atoms with Crippen LogP contribution in [0.25, 0.3) is 11.1 Å². The van der Waals surface area contributed by atoms with Crippen molar-refractivity contribution in [2.24, 2.45) is 5.92 Å². The number of nitrogens with one attached hydrogen (secondary N) is 1. The molecule has 1 fully saturated rings. The van der Waals surface area contributed by atoms with E-state index >= 15 is 0 Å². The maximum Gasteiger partial charge on any atom is 0.420 e. The van der Waals surface area contributed by atoms with Crippen molar-refractivity contribution >= 4 is 17.0 Å². The van der Waals surface area contributed by atoms with Crippen molar-refractivity contribution < 1.29 is 13.9 Å². The number of piperidine rings is 1. The number of benzene rings is 1. The highest BCUT2D eigenvalue weighted by Gasteiger charge is 2.20. The summed E-state index contributed by atoms with van der Waals surface area (Å²) < 4.78 is 11.6. The van der Waals surface area contributed by atoms with E-state index in [0.717, 1.165) is 39.1 Å². The molecule has 0 unspecified atom stereocenters. The number of likely N-dealkylation sites (tertiary alicyclic amines) is 1. The molecule has 1 saturated heterocycles. The number of amides is 1. The highest BCUT2D eigenvalue weighted by molar-refractivity contribution is 5.79. The van der Waals surface area contributed by atoms with Gasteiger partial charge in [-0.2, -0.15) is 0 Å². The molecule has 7 nitrogen and oxygen atoms in total. The number of hydrogen-bond donors (Lipinski definition) is 1. The molecular weight excluding hydrogens is 322 g/mol. The van der Waals surface area contributed by atoms with Gasteiger partial charge in [-0.15, -0.1) is 0 Å². The smallest absolute Gasteiger partial charge is 0.408 e. The van der Waals surface area contributed by atoms with Gasteiger partial charge in [-0.3, -0.25) is 9.36 Å². The fourth-order valence-electron chi connectivity index (χ4n) is 3.26. The third-order valence-electron chi connectivity index (χ3n) is 4.78. The quantitative estimate of drug-likeness (QED) is 0.811. The van der Waals surface area contributed by atoms with Gasteiger partial charge in [-0.1, -0.05) is 12.1 Å². The minimum atomic E-state index is -0.497. The number of aromatic nitrogens is 1. The molecule has 0 spiro atoms. The van der Waals surface area contributed by atoms with E-state index in [4.69, 9.17) is 9.15 Å². The Balaban J connectivity index is 1.47. The summed E-state index contributed by atoms with van der Waals surface area (Å²) in [5.74, 6) is -0.168. The van der Waals surface area contributed by atoms with Crippen molar-refractivity contribution in [3.8, 4) is 0 Å². The molecule has 0 aliphatic carbocycles. The Kier molecular flexibility index (Phi) is 5.88. The van der Waals surface area contributed by atoms with E-state index in [0.29, 0.717) is 23.6 Å². The lowest BCUT2D eigenvalue weighted by Crippen LogP contribution is -2.40. The number of carbonyl (C=O) groups excluding carboxylic acids is 1. The topological polar surface area (TPSA) is 76.7 Å². The minimum absolute atomic E-state index is 0.0114. The lowest BCUT2D eigenvalue weighted by atomic mass is 9.97. The number of nitrogens with zero attached hydrogens (tertiary/aromatic N) is 2. The van der Waals surface area contributed by atoms with E-state index in [1.54, 1.807) is 25.3 Å². The van der Waals surface area contributed by atoms with Crippen molar-refractivity contribution in [3.63, 3.8) is 0 Å². The molecule has 0 bridgehead atoms. The molecule has 2 heterocycles. The van der Waals surface area contributed by atoms with Crippen LogP contribution >= 0.6 is 0 Å². The predicted molar refractivity (Wildman–Crippen MR) is 94.5 cm³/mol. The monoisotopic (exact) mass is 347 g/mol. The van der Waals surface area contributed by atoms with Gasteiger partial charge in [-0.05, 0) is 44.0 Å². The fourth-order valence-corrected chi connectivity index (χ4v) is 3.26. The van der Waals surface area contributed by atoms with Crippen molar-refractivity contribution in [1.29, 1.82) is 0 Å². The van der Waals surface area contributed by atoms with E-state index in [1.165, 1.54) is 4.57 Å². The standard InChI is InChI=1S/C18H25N3O4/c1-24-11-10-20-8-6-14(7-9-20)12-19-17(22)13-21-15-4-2-3-5-16(15)25-18(21)23/h2-5,14H,6-13H2,1H3,(H,19,22). The molecule has 0 saturated carbocycles. The first-order chi connectivity index (χ1) is 12.2. The highest BCUT2D eigenvalue weighted by atomic mass is 16.5. The maximum atomic E-state index is 12.2. The van der Waals surface area contributed by atoms with Gasteiger partial charge in [0.15, 0.2) is 5.58 Å². The maximum absolute atomic E-state index is 12.2. The van der Waals surface area contributed by atoms with Crippen molar-refractivity contribution in [3.05, 3.63) is 34.8 Å². The van der Waals surface area contributed by atoms with Crippen molar-refractivity contribution in [2.75, 3.05) is 39.9 Å². The third kappa shape index (κ3) is 4.49. The fraction of sp³-hybridized carbons (Fsp3) is 0.556. The Morgan fingerprint density at radius 1 is 1.32 bits per heavy atom. The zero-order valence-electron chi connectivity index (χ0n) is 14.6. The second-order valence-corrected chi connectivity index (χ2v) is 6.50. The van der Waals surface area contributed by atoms with Gasteiger partial charge in [-0.25, -0.2) is 4.79 Å². The Bertz CT molecular complexity index is 759. The molecular formula is C18H25N3O4. The summed E-state index contributed by atoms with van der Waals surface area (Å²) in [5, 5.41) is 2.96. The Hall–Kier alpha value is -2.12. The Morgan fingerprint density at radius 3 is 2.84 bits per heavy atom. The molecule has 3 rings (SSSR count). The predicted octanol–water partition coefficient (Wildman–Crippen LogP) is 1.07. The van der Waals surface area contributed by atoms with Crippen molar-refractivity contribution in [2.45, 2.75) is 19.4 Å². The van der Waals surface area contributed by atoms with Crippen LogP contribution in [0.15, 0.2) is 33.5 Å². The summed E-state index contributed by atoms with van der Waals surface area (Å²) in [6.45, 7) is 4.44. The van der Waals surface area contributed by atoms with Crippen LogP contribution in [0.1, 0.15) is 12.8 Å². The third-order valence-corrected chi connectivity index (χ3v) is 4.78. The molecule has 1 aromatic heterocycles. The molecule has 25 heavy (non-hydrogen) atoms. The minimum Gasteiger partial charge on any atom is -0.408 e. The average Bonchev–Trinajstić information content (AvgIpc) is 2.94. The highest BCUT2D eigenvalue weighted by Crippen LogP contribution is 2.16. The van der Waals surface area contributed by atoms with Crippen LogP contribution in [0.4, 0.5) is 0 Å². The number of ether oxygens (including phenoxy) is 1. The van der Waals surface area contributed by atoms with Gasteiger partial charge in [0.1, 0.15) is 6.54 Å². The molecule has 0 atom stereocenters. The zero-order valence-corrected chi connectivity index (χ0v) is 14.6. The number of fused-ring (bicyclic) bond motifs is 1. The number of methoxy groups -OCH3 is 1. The number of oxazole rings is 1. The summed E-state index contributed by atoms with van der Waals surface area (Å²) >= 11 is 0. The van der Waals surface area contributed by atoms with Gasteiger partial charge < -0.3 is 19.4 Å². The molecule has 1 aliphatic rings. The summed E-state index contributed by atoms with van der Waals surface area (Å²) in [4.78, 5) is 26.5. The molecule has 1 N–H and O–H groups in total. The van der Waals surface area contributed by atoms with Crippen LogP contribution in [0.2, 0.25) is 0 Å². The molecule has 2 aromatic rings. The summed E-state index contributed by atoms with van der Waals surface area (Å²) in [6, 6.07) is 7.13. The molecule has 0 radical (unpaired) electrons. The number of para-hydroxylation sites is 2. The summed E-state index contributed by atoms with van der Waals surface area (Å²) in [7, 11) is 1.72. The van der Waals surface area contributed by atoms with Crippen molar-refractivity contribution in [1.82, 2.24) is 14.8 Å². The molecule has 1 aliphatic heterocycles. The SMILES string of the molecule is COCCN1CCC(CNC(=O)Cn2c(=O)oc3ccccc32)CC1. The summed E-state index contributed by atoms with van der Waals surface area (Å²) in [6.07, 6.45) is 2.14. The first-order valence-electron chi connectivity index (χ1n) is 8.73. The van der Waals surface area contributed by atoms with Crippen LogP contribution in [-0.4, -0.2) is 55.3 Å². The van der Waals surface area contributed by atoms with Gasteiger partial charge in [0.25, 0.3) is 0 Å². The van der Waals surface area contributed by atoms with Gasteiger partial charge in [0.05, 0.1) is 12.1 Å². The zero-order chi connectivity index (χ0) is 17.6. The first-order valence-corrected chi connectivity index (χ1v) is 8.73. The van der Waals surface area contributed by atoms with Crippen LogP contribution in [0.5, 0.6) is 0 Å². The number of rotatable bonds is 7. The molecule has 7 heteroatoms. The normalized spacial score (nSPS) is 16.4. The molecule has 1 aromatic carbocycles. The van der Waals surface area contributed by atoms with E-state index < -0.39 is 5.76 Å². The lowest BCUT2D eigenvalue weighted by Gasteiger charge is -2.31. The largest absolute Gasteiger partial charge is 0.420 e. The van der Waals surface area contributed by atoms with E-state index in [1.807, 2.05) is 6.07 Å². The second-order valence-electron chi connectivity index (χ2n) is 6.50. The van der Waals surface area contributed by atoms with Crippen LogP contribution in [-0.2, 0) is 16.1 Å². The van der Waals surface area contributed by atoms with Crippen LogP contribution < -0.4 is 11.1 Å². The van der Waals surface area contributed by atoms with E-state index in [9.17, 15) is 9.59 Å². The second kappa shape index (κ2) is 8.31. The number of carbonyl (C=O) groups is 1. The lowest BCUT2D eigenvalue weighted by molar-refractivity contribution is -0.121. The average molecular weight is 347 g/mol. The molecule has 136 valence electrons.